The standard InChI is InChI=1S/C16H17BrO2/c1-9-14-13(17)8-11-7-6-10-4-2-3-5-12(10)16(9,11)15(18)19-14/h2-5,9,11,13-14H,6-8H2,1H3/t9-,11-,13+,14+,16-/m1/s1. The van der Waals surface area contributed by atoms with Crippen LogP contribution in [0.2, 0.25) is 0 Å². The van der Waals surface area contributed by atoms with Crippen LogP contribution in [0.15, 0.2) is 24.3 Å². The van der Waals surface area contributed by atoms with E-state index in [-0.39, 0.29) is 23.4 Å². The second kappa shape index (κ2) is 3.85. The van der Waals surface area contributed by atoms with Gasteiger partial charge in [-0.05, 0) is 36.3 Å². The van der Waals surface area contributed by atoms with E-state index >= 15 is 0 Å². The number of rotatable bonds is 0. The van der Waals surface area contributed by atoms with Crippen LogP contribution >= 0.6 is 15.9 Å². The number of benzene rings is 1. The Morgan fingerprint density at radius 3 is 3.00 bits per heavy atom. The van der Waals surface area contributed by atoms with Crippen molar-refractivity contribution in [1.82, 2.24) is 0 Å². The fourth-order valence-electron chi connectivity index (χ4n) is 4.68. The molecule has 0 N–H and O–H groups in total. The molecular formula is C16H17BrO2. The molecule has 4 rings (SSSR count). The highest BCUT2D eigenvalue weighted by Crippen LogP contribution is 2.59. The van der Waals surface area contributed by atoms with Crippen molar-refractivity contribution in [2.24, 2.45) is 11.8 Å². The molecule has 1 saturated heterocycles. The molecule has 1 aromatic rings. The van der Waals surface area contributed by atoms with Crippen LogP contribution in [-0.2, 0) is 21.4 Å². The zero-order chi connectivity index (χ0) is 13.2. The molecule has 1 saturated carbocycles. The Morgan fingerprint density at radius 2 is 2.16 bits per heavy atom. The van der Waals surface area contributed by atoms with Crippen LogP contribution in [0, 0.1) is 11.8 Å². The SMILES string of the molecule is C[C@@H]1[C@@H]2OC(=O)[C@]13c1ccccc1CC[C@@H]3C[C@@H]2Br. The van der Waals surface area contributed by atoms with Crippen molar-refractivity contribution in [2.75, 3.05) is 0 Å². The van der Waals surface area contributed by atoms with E-state index < -0.39 is 0 Å². The van der Waals surface area contributed by atoms with Gasteiger partial charge in [0.05, 0.1) is 4.83 Å². The summed E-state index contributed by atoms with van der Waals surface area (Å²) in [5.74, 6) is 0.710. The molecule has 0 unspecified atom stereocenters. The van der Waals surface area contributed by atoms with Gasteiger partial charge in [-0.25, -0.2) is 0 Å². The Balaban J connectivity index is 1.97. The molecule has 3 heteroatoms. The molecule has 1 aliphatic heterocycles. The molecule has 19 heavy (non-hydrogen) atoms. The number of alkyl halides is 1. The molecule has 2 bridgehead atoms. The summed E-state index contributed by atoms with van der Waals surface area (Å²) in [5.41, 5.74) is 2.21. The van der Waals surface area contributed by atoms with Crippen molar-refractivity contribution in [1.29, 1.82) is 0 Å². The Bertz CT molecular complexity index is 555. The summed E-state index contributed by atoms with van der Waals surface area (Å²) in [6.45, 7) is 2.19. The van der Waals surface area contributed by atoms with Crippen LogP contribution in [-0.4, -0.2) is 16.9 Å². The van der Waals surface area contributed by atoms with Crippen molar-refractivity contribution in [2.45, 2.75) is 42.5 Å². The molecule has 0 amide bonds. The highest BCUT2D eigenvalue weighted by molar-refractivity contribution is 9.09. The van der Waals surface area contributed by atoms with Crippen LogP contribution < -0.4 is 0 Å². The van der Waals surface area contributed by atoms with Crippen molar-refractivity contribution >= 4 is 21.9 Å². The molecule has 1 aromatic carbocycles. The topological polar surface area (TPSA) is 26.3 Å². The molecule has 5 atom stereocenters. The summed E-state index contributed by atoms with van der Waals surface area (Å²) >= 11 is 3.73. The number of halogens is 1. The van der Waals surface area contributed by atoms with Gasteiger partial charge in [0.25, 0.3) is 0 Å². The van der Waals surface area contributed by atoms with Gasteiger partial charge < -0.3 is 4.74 Å². The Hall–Kier alpha value is -0.830. The fraction of sp³-hybridized carbons (Fsp3) is 0.562. The summed E-state index contributed by atoms with van der Waals surface area (Å²) in [5, 5.41) is 0. The quantitative estimate of drug-likeness (QED) is 0.542. The van der Waals surface area contributed by atoms with Gasteiger partial charge in [0, 0.05) is 5.92 Å². The first kappa shape index (κ1) is 12.0. The van der Waals surface area contributed by atoms with Crippen molar-refractivity contribution in [3.8, 4) is 0 Å². The Labute approximate surface area is 121 Å². The molecule has 100 valence electrons. The minimum absolute atomic E-state index is 0.0177. The smallest absolute Gasteiger partial charge is 0.317 e. The number of hydrogen-bond acceptors (Lipinski definition) is 2. The van der Waals surface area contributed by atoms with Gasteiger partial charge in [-0.15, -0.1) is 0 Å². The van der Waals surface area contributed by atoms with E-state index in [9.17, 15) is 4.79 Å². The van der Waals surface area contributed by atoms with E-state index in [4.69, 9.17) is 4.74 Å². The largest absolute Gasteiger partial charge is 0.460 e. The van der Waals surface area contributed by atoms with Gasteiger partial charge in [-0.3, -0.25) is 4.79 Å². The number of aryl methyl sites for hydroxylation is 1. The van der Waals surface area contributed by atoms with Crippen LogP contribution in [0.25, 0.3) is 0 Å². The minimum atomic E-state index is -0.371. The summed E-state index contributed by atoms with van der Waals surface area (Å²) in [6.07, 6.45) is 3.28. The molecule has 1 spiro atoms. The highest BCUT2D eigenvalue weighted by atomic mass is 79.9. The molecule has 2 nitrogen and oxygen atoms in total. The van der Waals surface area contributed by atoms with Crippen LogP contribution in [0.4, 0.5) is 0 Å². The second-order valence-electron chi connectivity index (χ2n) is 6.17. The van der Waals surface area contributed by atoms with Crippen LogP contribution in [0.3, 0.4) is 0 Å². The first-order valence-corrected chi connectivity index (χ1v) is 8.00. The zero-order valence-corrected chi connectivity index (χ0v) is 12.5. The van der Waals surface area contributed by atoms with E-state index in [1.54, 1.807) is 0 Å². The second-order valence-corrected chi connectivity index (χ2v) is 7.35. The fourth-order valence-corrected chi connectivity index (χ4v) is 5.69. The van der Waals surface area contributed by atoms with E-state index in [1.807, 2.05) is 0 Å². The predicted octanol–water partition coefficient (Wildman–Crippen LogP) is 3.22. The summed E-state index contributed by atoms with van der Waals surface area (Å²) in [4.78, 5) is 13.0. The number of ether oxygens (including phenoxy) is 1. The summed E-state index contributed by atoms with van der Waals surface area (Å²) < 4.78 is 5.74. The number of carbonyl (C=O) groups excluding carboxylic acids is 1. The van der Waals surface area contributed by atoms with E-state index in [0.29, 0.717) is 10.7 Å². The highest BCUT2D eigenvalue weighted by Gasteiger charge is 2.66. The normalized spacial score (nSPS) is 43.4. The third-order valence-electron chi connectivity index (χ3n) is 5.53. The lowest BCUT2D eigenvalue weighted by Crippen LogP contribution is -2.52. The Morgan fingerprint density at radius 1 is 1.37 bits per heavy atom. The third-order valence-corrected chi connectivity index (χ3v) is 6.42. The number of esters is 1. The van der Waals surface area contributed by atoms with Crippen molar-refractivity contribution in [3.05, 3.63) is 35.4 Å². The first-order chi connectivity index (χ1) is 9.15. The molecule has 2 aliphatic carbocycles. The Kier molecular flexibility index (Phi) is 2.42. The molecule has 2 fully saturated rings. The minimum Gasteiger partial charge on any atom is -0.460 e. The lowest BCUT2D eigenvalue weighted by atomic mass is 9.54. The summed E-state index contributed by atoms with van der Waals surface area (Å²) in [7, 11) is 0. The molecule has 3 aliphatic rings. The van der Waals surface area contributed by atoms with Gasteiger partial charge in [0.1, 0.15) is 11.5 Å². The molecular weight excluding hydrogens is 304 g/mol. The lowest BCUT2D eigenvalue weighted by Gasteiger charge is -2.47. The van der Waals surface area contributed by atoms with Crippen molar-refractivity contribution in [3.63, 3.8) is 0 Å². The van der Waals surface area contributed by atoms with E-state index in [0.717, 1.165) is 19.3 Å². The monoisotopic (exact) mass is 320 g/mol. The van der Waals surface area contributed by atoms with Crippen molar-refractivity contribution < 1.29 is 9.53 Å². The zero-order valence-electron chi connectivity index (χ0n) is 10.9. The van der Waals surface area contributed by atoms with E-state index in [2.05, 4.69) is 47.1 Å². The number of carbonyl (C=O) groups is 1. The van der Waals surface area contributed by atoms with Gasteiger partial charge >= 0.3 is 5.97 Å². The first-order valence-electron chi connectivity index (χ1n) is 7.09. The predicted molar refractivity (Wildman–Crippen MR) is 76.3 cm³/mol. The average Bonchev–Trinajstić information content (AvgIpc) is 2.60. The number of fused-ring (bicyclic) bond motifs is 2. The average molecular weight is 321 g/mol. The maximum atomic E-state index is 12.7. The van der Waals surface area contributed by atoms with E-state index in [1.165, 1.54) is 11.1 Å². The molecule has 0 radical (unpaired) electrons. The maximum absolute atomic E-state index is 12.7. The summed E-state index contributed by atoms with van der Waals surface area (Å²) in [6, 6.07) is 8.46. The maximum Gasteiger partial charge on any atom is 0.317 e. The van der Waals surface area contributed by atoms with Crippen LogP contribution in [0.1, 0.15) is 30.9 Å². The van der Waals surface area contributed by atoms with Crippen LogP contribution in [0.5, 0.6) is 0 Å². The lowest BCUT2D eigenvalue weighted by molar-refractivity contribution is -0.145. The van der Waals surface area contributed by atoms with Gasteiger partial charge in [0.2, 0.25) is 0 Å². The number of hydrogen-bond donors (Lipinski definition) is 0. The van der Waals surface area contributed by atoms with Gasteiger partial charge in [-0.2, -0.15) is 0 Å². The third kappa shape index (κ3) is 1.30. The van der Waals surface area contributed by atoms with Gasteiger partial charge in [0.15, 0.2) is 0 Å². The molecule has 0 aromatic heterocycles. The molecule has 1 heterocycles. The van der Waals surface area contributed by atoms with Gasteiger partial charge in [-0.1, -0.05) is 47.1 Å².